The molecule has 10 rings (SSSR count). The number of para-hydroxylation sites is 2. The summed E-state index contributed by atoms with van der Waals surface area (Å²) >= 11 is 0. The first kappa shape index (κ1) is 39.4. The van der Waals surface area contributed by atoms with Crippen LogP contribution in [0.25, 0.3) is 94.5 Å². The van der Waals surface area contributed by atoms with Gasteiger partial charge in [-0.3, -0.25) is 0 Å². The molecular formula is C58H53N3O. The largest absolute Gasteiger partial charge is 0.455 e. The van der Waals surface area contributed by atoms with E-state index in [1.54, 1.807) is 0 Å². The molecule has 0 N–H and O–H groups in total. The van der Waals surface area contributed by atoms with Crippen LogP contribution in [0, 0.1) is 0 Å². The zero-order valence-electron chi connectivity index (χ0n) is 37.3. The summed E-state index contributed by atoms with van der Waals surface area (Å²) < 4.78 is 9.38. The van der Waals surface area contributed by atoms with Gasteiger partial charge in [0, 0.05) is 55.0 Å². The van der Waals surface area contributed by atoms with Crippen LogP contribution in [0.3, 0.4) is 0 Å². The van der Waals surface area contributed by atoms with Gasteiger partial charge in [0.2, 0.25) is 0 Å². The highest BCUT2D eigenvalue weighted by Gasteiger charge is 2.28. The SMILES string of the molecule is CC(C)(C)c1cc(-c2ccc(-c3nc(-c4ccccc4)cc(-c4ccc5c(c4)c4ccccc4n5-c4ccccc4)n3)cc2)c2oc3c(C(C)(C)C)cc(C(C)(C)C)cc3c2c1. The van der Waals surface area contributed by atoms with Crippen molar-refractivity contribution in [3.8, 4) is 50.7 Å². The van der Waals surface area contributed by atoms with E-state index in [9.17, 15) is 0 Å². The Labute approximate surface area is 364 Å². The number of rotatable bonds is 5. The lowest BCUT2D eigenvalue weighted by Gasteiger charge is -2.25. The van der Waals surface area contributed by atoms with E-state index in [0.29, 0.717) is 5.82 Å². The third-order valence-corrected chi connectivity index (χ3v) is 12.4. The van der Waals surface area contributed by atoms with Gasteiger partial charge in [-0.2, -0.15) is 0 Å². The summed E-state index contributed by atoms with van der Waals surface area (Å²) in [7, 11) is 0. The van der Waals surface area contributed by atoms with Crippen LogP contribution < -0.4 is 0 Å². The summed E-state index contributed by atoms with van der Waals surface area (Å²) in [5.74, 6) is 0.682. The standard InChI is InChI=1S/C58H53N3O/c1-56(2,3)40-31-44(53-46(32-40)47-33-41(57(4,5)6)34-48(54(47)62-53)58(7,8)9)36-24-26-38(27-25-36)55-59-49(37-18-12-10-13-19-37)35-50(60-55)39-28-29-52-45(30-39)43-22-16-17-23-51(43)61(52)42-20-14-11-15-21-42/h10-35H,1-9H3. The van der Waals surface area contributed by atoms with Crippen LogP contribution >= 0.6 is 0 Å². The van der Waals surface area contributed by atoms with Gasteiger partial charge in [0.25, 0.3) is 0 Å². The van der Waals surface area contributed by atoms with Crippen molar-refractivity contribution in [2.75, 3.05) is 0 Å². The van der Waals surface area contributed by atoms with E-state index in [2.05, 4.69) is 219 Å². The Kier molecular flexibility index (Phi) is 9.15. The molecule has 0 saturated heterocycles. The number of hydrogen-bond acceptors (Lipinski definition) is 3. The molecule has 0 unspecified atom stereocenters. The molecule has 3 aromatic heterocycles. The number of furan rings is 1. The van der Waals surface area contributed by atoms with Crippen LogP contribution in [0.2, 0.25) is 0 Å². The Hall–Kier alpha value is -6.78. The van der Waals surface area contributed by atoms with Gasteiger partial charge in [-0.1, -0.05) is 165 Å². The van der Waals surface area contributed by atoms with Crippen molar-refractivity contribution in [2.45, 2.75) is 78.6 Å². The molecule has 10 aromatic rings. The fourth-order valence-corrected chi connectivity index (χ4v) is 8.88. The molecule has 7 aromatic carbocycles. The highest BCUT2D eigenvalue weighted by atomic mass is 16.3. The minimum atomic E-state index is -0.0952. The molecule has 0 aliphatic rings. The molecule has 0 aliphatic carbocycles. The maximum Gasteiger partial charge on any atom is 0.160 e. The number of hydrogen-bond donors (Lipinski definition) is 0. The normalized spacial score (nSPS) is 12.6. The van der Waals surface area contributed by atoms with Crippen LogP contribution in [-0.4, -0.2) is 14.5 Å². The molecule has 0 amide bonds. The predicted molar refractivity (Wildman–Crippen MR) is 261 cm³/mol. The molecular weight excluding hydrogens is 755 g/mol. The van der Waals surface area contributed by atoms with Gasteiger partial charge in [-0.15, -0.1) is 0 Å². The van der Waals surface area contributed by atoms with Crippen molar-refractivity contribution in [3.63, 3.8) is 0 Å². The molecule has 62 heavy (non-hydrogen) atoms. The van der Waals surface area contributed by atoms with E-state index in [0.717, 1.165) is 67.0 Å². The van der Waals surface area contributed by atoms with Gasteiger partial charge in [0.05, 0.1) is 22.4 Å². The van der Waals surface area contributed by atoms with Crippen LogP contribution in [0.15, 0.2) is 162 Å². The Morgan fingerprint density at radius 1 is 0.403 bits per heavy atom. The Morgan fingerprint density at radius 2 is 0.952 bits per heavy atom. The molecule has 4 nitrogen and oxygen atoms in total. The lowest BCUT2D eigenvalue weighted by Crippen LogP contribution is -2.16. The van der Waals surface area contributed by atoms with E-state index in [-0.39, 0.29) is 16.2 Å². The second-order valence-electron chi connectivity index (χ2n) is 20.0. The number of aromatic nitrogens is 3. The smallest absolute Gasteiger partial charge is 0.160 e. The molecule has 0 bridgehead atoms. The van der Waals surface area contributed by atoms with E-state index in [4.69, 9.17) is 14.4 Å². The minimum absolute atomic E-state index is 0.00658. The highest BCUT2D eigenvalue weighted by molar-refractivity contribution is 6.12. The number of nitrogens with zero attached hydrogens (tertiary/aromatic N) is 3. The summed E-state index contributed by atoms with van der Waals surface area (Å²) in [6.07, 6.45) is 0. The first-order chi connectivity index (χ1) is 29.6. The fraction of sp³-hybridized carbons (Fsp3) is 0.207. The molecule has 306 valence electrons. The first-order valence-electron chi connectivity index (χ1n) is 21.8. The lowest BCUT2D eigenvalue weighted by molar-refractivity contribution is 0.559. The zero-order valence-corrected chi connectivity index (χ0v) is 37.3. The molecule has 0 spiro atoms. The van der Waals surface area contributed by atoms with E-state index in [1.165, 1.54) is 38.4 Å². The van der Waals surface area contributed by atoms with Gasteiger partial charge in [-0.25, -0.2) is 9.97 Å². The van der Waals surface area contributed by atoms with Crippen LogP contribution in [0.1, 0.15) is 79.0 Å². The fourth-order valence-electron chi connectivity index (χ4n) is 8.88. The average molecular weight is 808 g/mol. The van der Waals surface area contributed by atoms with Gasteiger partial charge in [0.1, 0.15) is 11.2 Å². The molecule has 3 heterocycles. The van der Waals surface area contributed by atoms with Crippen molar-refractivity contribution in [3.05, 3.63) is 174 Å². The quantitative estimate of drug-likeness (QED) is 0.174. The van der Waals surface area contributed by atoms with Crippen molar-refractivity contribution in [2.24, 2.45) is 0 Å². The van der Waals surface area contributed by atoms with E-state index < -0.39 is 0 Å². The van der Waals surface area contributed by atoms with E-state index in [1.807, 2.05) is 6.07 Å². The predicted octanol–water partition coefficient (Wildman–Crippen LogP) is 16.0. The van der Waals surface area contributed by atoms with Gasteiger partial charge in [0.15, 0.2) is 5.82 Å². The Morgan fingerprint density at radius 3 is 1.61 bits per heavy atom. The molecule has 0 saturated carbocycles. The maximum absolute atomic E-state index is 7.03. The van der Waals surface area contributed by atoms with Gasteiger partial charge < -0.3 is 8.98 Å². The van der Waals surface area contributed by atoms with Crippen molar-refractivity contribution in [1.29, 1.82) is 0 Å². The maximum atomic E-state index is 7.03. The topological polar surface area (TPSA) is 43.9 Å². The third kappa shape index (κ3) is 6.88. The van der Waals surface area contributed by atoms with Crippen molar-refractivity contribution >= 4 is 43.7 Å². The van der Waals surface area contributed by atoms with Crippen molar-refractivity contribution < 1.29 is 4.42 Å². The summed E-state index contributed by atoms with van der Waals surface area (Å²) in [5, 5.41) is 4.74. The second-order valence-corrected chi connectivity index (χ2v) is 20.0. The second kappa shape index (κ2) is 14.4. The summed E-state index contributed by atoms with van der Waals surface area (Å²) in [6.45, 7) is 20.6. The van der Waals surface area contributed by atoms with Crippen LogP contribution in [0.4, 0.5) is 0 Å². The van der Waals surface area contributed by atoms with E-state index >= 15 is 0 Å². The summed E-state index contributed by atoms with van der Waals surface area (Å²) in [6, 6.07) is 56.6. The molecule has 0 fully saturated rings. The molecule has 0 aliphatic heterocycles. The summed E-state index contributed by atoms with van der Waals surface area (Å²) in [5.41, 5.74) is 16.0. The van der Waals surface area contributed by atoms with Gasteiger partial charge in [-0.05, 0) is 87.5 Å². The lowest BCUT2D eigenvalue weighted by atomic mass is 9.79. The third-order valence-electron chi connectivity index (χ3n) is 12.4. The van der Waals surface area contributed by atoms with Crippen molar-refractivity contribution in [1.82, 2.24) is 14.5 Å². The molecule has 0 atom stereocenters. The minimum Gasteiger partial charge on any atom is -0.455 e. The zero-order chi connectivity index (χ0) is 43.1. The molecule has 4 heteroatoms. The number of benzene rings is 7. The van der Waals surface area contributed by atoms with Crippen LogP contribution in [-0.2, 0) is 16.2 Å². The van der Waals surface area contributed by atoms with Crippen LogP contribution in [0.5, 0.6) is 0 Å². The highest BCUT2D eigenvalue weighted by Crippen LogP contribution is 2.45. The first-order valence-corrected chi connectivity index (χ1v) is 21.8. The Balaban J connectivity index is 1.12. The average Bonchev–Trinajstić information content (AvgIpc) is 3.81. The monoisotopic (exact) mass is 807 g/mol. The number of fused-ring (bicyclic) bond motifs is 6. The Bertz CT molecular complexity index is 3310. The molecule has 0 radical (unpaired) electrons. The summed E-state index contributed by atoms with van der Waals surface area (Å²) in [4.78, 5) is 10.5. The van der Waals surface area contributed by atoms with Gasteiger partial charge >= 0.3 is 0 Å².